The molecule has 196 valence electrons. The molecule has 4 rings (SSSR count). The monoisotopic (exact) mass is 496 g/mol. The minimum Gasteiger partial charge on any atom is -0.493 e. The van der Waals surface area contributed by atoms with Crippen molar-refractivity contribution < 1.29 is 24.1 Å². The largest absolute Gasteiger partial charge is 0.493 e. The third kappa shape index (κ3) is 6.02. The minimum atomic E-state index is -1.01. The summed E-state index contributed by atoms with van der Waals surface area (Å²) < 4.78 is 17.3. The number of nitrogens with one attached hydrogen (secondary N) is 1. The fourth-order valence-electron chi connectivity index (χ4n) is 4.94. The molecule has 2 aromatic carbocycles. The second-order valence-electron chi connectivity index (χ2n) is 11.0. The number of ether oxygens (including phenoxy) is 3. The third-order valence-electron chi connectivity index (χ3n) is 7.26. The number of benzene rings is 2. The zero-order chi connectivity index (χ0) is 25.9. The van der Waals surface area contributed by atoms with Crippen molar-refractivity contribution in [2.24, 2.45) is 5.41 Å². The smallest absolute Gasteiger partial charge is 0.231 e. The van der Waals surface area contributed by atoms with Gasteiger partial charge in [0.2, 0.25) is 5.91 Å². The van der Waals surface area contributed by atoms with Gasteiger partial charge in [0.25, 0.3) is 0 Å². The van der Waals surface area contributed by atoms with Crippen LogP contribution in [-0.2, 0) is 28.1 Å². The highest BCUT2D eigenvalue weighted by atomic mass is 16.5. The molecule has 36 heavy (non-hydrogen) atoms. The first-order valence-corrected chi connectivity index (χ1v) is 12.9. The summed E-state index contributed by atoms with van der Waals surface area (Å²) in [5.41, 5.74) is 2.80. The molecule has 1 amide bonds. The van der Waals surface area contributed by atoms with Crippen LogP contribution in [0.15, 0.2) is 36.4 Å². The predicted molar refractivity (Wildman–Crippen MR) is 141 cm³/mol. The summed E-state index contributed by atoms with van der Waals surface area (Å²) in [6.07, 6.45) is 1.95. The first kappa shape index (κ1) is 26.5. The van der Waals surface area contributed by atoms with E-state index in [0.717, 1.165) is 41.9 Å². The summed E-state index contributed by atoms with van der Waals surface area (Å²) in [4.78, 5) is 14.8. The van der Waals surface area contributed by atoms with Gasteiger partial charge in [-0.1, -0.05) is 19.1 Å². The Morgan fingerprint density at radius 3 is 2.53 bits per heavy atom. The highest BCUT2D eigenvalue weighted by molar-refractivity contribution is 5.96. The summed E-state index contributed by atoms with van der Waals surface area (Å²) in [6, 6.07) is 11.5. The van der Waals surface area contributed by atoms with Crippen molar-refractivity contribution in [3.05, 3.63) is 53.1 Å². The zero-order valence-corrected chi connectivity index (χ0v) is 22.2. The molecule has 2 N–H and O–H groups in total. The average Bonchev–Trinajstić information content (AvgIpc) is 3.27. The van der Waals surface area contributed by atoms with Gasteiger partial charge in [-0.05, 0) is 74.7 Å². The lowest BCUT2D eigenvalue weighted by Gasteiger charge is -2.31. The molecule has 7 heteroatoms. The Bertz CT molecular complexity index is 1060. The highest BCUT2D eigenvalue weighted by Gasteiger charge is 2.30. The number of hydrogen-bond acceptors (Lipinski definition) is 6. The summed E-state index contributed by atoms with van der Waals surface area (Å²) in [6.45, 7) is 11.7. The molecule has 2 unspecified atom stereocenters. The number of hydrogen-bond donors (Lipinski definition) is 2. The van der Waals surface area contributed by atoms with Gasteiger partial charge in [0, 0.05) is 30.7 Å². The number of methoxy groups -OCH3 is 1. The van der Waals surface area contributed by atoms with Gasteiger partial charge in [-0.15, -0.1) is 0 Å². The number of fused-ring (bicyclic) bond motifs is 1. The maximum Gasteiger partial charge on any atom is 0.231 e. The van der Waals surface area contributed by atoms with Gasteiger partial charge < -0.3 is 29.5 Å². The van der Waals surface area contributed by atoms with Crippen molar-refractivity contribution in [1.82, 2.24) is 5.32 Å². The maximum atomic E-state index is 13.0. The van der Waals surface area contributed by atoms with E-state index in [-0.39, 0.29) is 17.4 Å². The minimum absolute atomic E-state index is 0.0202. The lowest BCUT2D eigenvalue weighted by molar-refractivity contribution is -0.118. The van der Waals surface area contributed by atoms with Crippen LogP contribution in [0, 0.1) is 5.41 Å². The van der Waals surface area contributed by atoms with Gasteiger partial charge in [-0.3, -0.25) is 4.79 Å². The molecule has 7 nitrogen and oxygen atoms in total. The van der Waals surface area contributed by atoms with Gasteiger partial charge >= 0.3 is 0 Å². The van der Waals surface area contributed by atoms with E-state index < -0.39 is 5.60 Å². The Hall–Kier alpha value is -2.61. The van der Waals surface area contributed by atoms with Crippen molar-refractivity contribution >= 4 is 11.6 Å². The summed E-state index contributed by atoms with van der Waals surface area (Å²) >= 11 is 0. The molecule has 0 bridgehead atoms. The first-order chi connectivity index (χ1) is 17.1. The second kappa shape index (κ2) is 10.8. The molecule has 0 saturated carbocycles. The Labute approximate surface area is 214 Å². The van der Waals surface area contributed by atoms with E-state index in [9.17, 15) is 9.90 Å². The van der Waals surface area contributed by atoms with Crippen molar-refractivity contribution in [2.45, 2.75) is 65.2 Å². The van der Waals surface area contributed by atoms with Crippen molar-refractivity contribution in [2.75, 3.05) is 38.3 Å². The van der Waals surface area contributed by atoms with Crippen LogP contribution in [0.4, 0.5) is 5.69 Å². The van der Waals surface area contributed by atoms with Crippen LogP contribution in [0.1, 0.15) is 57.2 Å². The normalized spacial score (nSPS) is 21.4. The number of amides is 1. The van der Waals surface area contributed by atoms with Crippen LogP contribution in [0.25, 0.3) is 0 Å². The molecule has 1 fully saturated rings. The lowest BCUT2D eigenvalue weighted by Crippen LogP contribution is -2.36. The molecular formula is C29H40N2O5. The molecule has 2 aromatic rings. The van der Waals surface area contributed by atoms with Gasteiger partial charge in [0.1, 0.15) is 0 Å². The summed E-state index contributed by atoms with van der Waals surface area (Å²) in [7, 11) is 1.61. The number of aliphatic hydroxyl groups is 1. The van der Waals surface area contributed by atoms with E-state index in [1.807, 2.05) is 57.2 Å². The van der Waals surface area contributed by atoms with Crippen molar-refractivity contribution in [3.8, 4) is 11.5 Å². The summed E-state index contributed by atoms with van der Waals surface area (Å²) in [5, 5.41) is 14.5. The molecule has 0 radical (unpaired) electrons. The van der Waals surface area contributed by atoms with Gasteiger partial charge in [0.05, 0.1) is 38.4 Å². The number of nitrogens with zero attached hydrogens (tertiary/aromatic N) is 1. The van der Waals surface area contributed by atoms with Crippen LogP contribution in [0.5, 0.6) is 11.5 Å². The molecule has 2 aliphatic rings. The van der Waals surface area contributed by atoms with E-state index >= 15 is 0 Å². The van der Waals surface area contributed by atoms with E-state index in [2.05, 4.69) is 12.2 Å². The molecule has 0 aliphatic carbocycles. The maximum absolute atomic E-state index is 13.0. The quantitative estimate of drug-likeness (QED) is 0.481. The predicted octanol–water partition coefficient (Wildman–Crippen LogP) is 4.19. The molecule has 0 spiro atoms. The van der Waals surface area contributed by atoms with Gasteiger partial charge in [-0.2, -0.15) is 0 Å². The van der Waals surface area contributed by atoms with E-state index in [0.29, 0.717) is 44.1 Å². The Morgan fingerprint density at radius 2 is 1.89 bits per heavy atom. The lowest BCUT2D eigenvalue weighted by atomic mass is 9.90. The highest BCUT2D eigenvalue weighted by Crippen LogP contribution is 2.36. The number of carbonyl (C=O) groups is 1. The molecule has 2 aliphatic heterocycles. The molecular weight excluding hydrogens is 456 g/mol. The second-order valence-corrected chi connectivity index (χ2v) is 11.0. The average molecular weight is 497 g/mol. The molecule has 2 heterocycles. The number of anilines is 1. The van der Waals surface area contributed by atoms with Crippen LogP contribution in [-0.4, -0.2) is 50.5 Å². The molecule has 0 aromatic heterocycles. The van der Waals surface area contributed by atoms with E-state index in [1.165, 1.54) is 0 Å². The third-order valence-corrected chi connectivity index (χ3v) is 7.26. The van der Waals surface area contributed by atoms with Crippen LogP contribution < -0.4 is 19.7 Å². The van der Waals surface area contributed by atoms with Gasteiger partial charge in [-0.25, -0.2) is 0 Å². The van der Waals surface area contributed by atoms with Gasteiger partial charge in [0.15, 0.2) is 11.5 Å². The Morgan fingerprint density at radius 1 is 1.17 bits per heavy atom. The summed E-state index contributed by atoms with van der Waals surface area (Å²) in [5.74, 6) is 1.37. The van der Waals surface area contributed by atoms with Crippen LogP contribution in [0.3, 0.4) is 0 Å². The fraction of sp³-hybridized carbons (Fsp3) is 0.552. The first-order valence-electron chi connectivity index (χ1n) is 12.9. The Balaban J connectivity index is 1.41. The van der Waals surface area contributed by atoms with E-state index in [1.54, 1.807) is 12.0 Å². The zero-order valence-electron chi connectivity index (χ0n) is 22.2. The molecule has 2 atom stereocenters. The number of carbonyl (C=O) groups excluding carboxylic acids is 1. The van der Waals surface area contributed by atoms with Crippen molar-refractivity contribution in [3.63, 3.8) is 0 Å². The topological polar surface area (TPSA) is 80.3 Å². The Kier molecular flexibility index (Phi) is 7.93. The fourth-order valence-corrected chi connectivity index (χ4v) is 4.94. The molecule has 1 saturated heterocycles. The van der Waals surface area contributed by atoms with E-state index in [4.69, 9.17) is 14.2 Å². The van der Waals surface area contributed by atoms with Crippen LogP contribution in [0.2, 0.25) is 0 Å². The number of rotatable bonds is 10. The SMILES string of the molecule is COc1cc2c(cc1OC(C)C)CN(c1ccc(C(C)(O)CCOCC3(C)CCNC3)cc1)C(=O)C2. The van der Waals surface area contributed by atoms with Crippen LogP contribution >= 0.6 is 0 Å². The van der Waals surface area contributed by atoms with Crippen molar-refractivity contribution in [1.29, 1.82) is 0 Å². The standard InChI is InChI=1S/C29H40N2O5/c1-20(2)36-26-15-22-17-31(27(32)16-21(22)14-25(26)34-5)24-8-6-23(7-9-24)29(4,33)11-13-35-19-28(3)10-12-30-18-28/h6-9,14-15,20,30,33H,10-13,16-19H2,1-5H3.